The van der Waals surface area contributed by atoms with Crippen molar-refractivity contribution in [3.8, 4) is 17.5 Å². The van der Waals surface area contributed by atoms with Crippen LogP contribution < -0.4 is 4.90 Å². The van der Waals surface area contributed by atoms with Gasteiger partial charge in [-0.15, -0.1) is 10.2 Å². The van der Waals surface area contributed by atoms with Gasteiger partial charge in [0.05, 0.1) is 18.2 Å². The van der Waals surface area contributed by atoms with E-state index in [0.29, 0.717) is 12.6 Å². The van der Waals surface area contributed by atoms with E-state index in [2.05, 4.69) is 25.8 Å². The van der Waals surface area contributed by atoms with Gasteiger partial charge in [-0.1, -0.05) is 29.5 Å². The number of hydrogen-bond donors (Lipinski definition) is 0. The van der Waals surface area contributed by atoms with Gasteiger partial charge in [-0.2, -0.15) is 5.26 Å². The minimum absolute atomic E-state index is 0.0464. The van der Waals surface area contributed by atoms with E-state index in [0.717, 1.165) is 40.6 Å². The molecule has 0 unspecified atom stereocenters. The topological polar surface area (TPSA) is 87.7 Å². The van der Waals surface area contributed by atoms with Crippen molar-refractivity contribution in [2.75, 3.05) is 17.2 Å². The average molecular weight is 419 g/mol. The van der Waals surface area contributed by atoms with Crippen molar-refractivity contribution >= 4 is 23.4 Å². The number of amides is 1. The highest BCUT2D eigenvalue weighted by Crippen LogP contribution is 2.41. The summed E-state index contributed by atoms with van der Waals surface area (Å²) in [6, 6.07) is 14.1. The quantitative estimate of drug-likeness (QED) is 0.514. The zero-order chi connectivity index (χ0) is 20.9. The molecule has 0 aliphatic heterocycles. The van der Waals surface area contributed by atoms with Crippen molar-refractivity contribution in [1.29, 1.82) is 5.26 Å². The maximum Gasteiger partial charge on any atom is 0.237 e. The molecule has 0 atom stereocenters. The standard InChI is InChI=1S/C22H22N6OS/c1-16-3-5-18(6-4-16)27(14-2-11-23)20(29)15-30-22-26-25-21(28(22)19-7-8-19)17-9-12-24-13-10-17/h3-6,9-10,12-13,19H,2,7-8,14-15H2,1H3. The number of carbonyl (C=O) groups is 1. The lowest BCUT2D eigenvalue weighted by molar-refractivity contribution is -0.116. The molecule has 1 saturated carbocycles. The highest BCUT2D eigenvalue weighted by molar-refractivity contribution is 7.99. The molecule has 2 aromatic heterocycles. The van der Waals surface area contributed by atoms with E-state index < -0.39 is 0 Å². The second kappa shape index (κ2) is 9.09. The molecule has 0 saturated heterocycles. The number of anilines is 1. The molecule has 2 heterocycles. The number of aryl methyl sites for hydroxylation is 1. The highest BCUT2D eigenvalue weighted by atomic mass is 32.2. The lowest BCUT2D eigenvalue weighted by atomic mass is 10.2. The molecular formula is C22H22N6OS. The first-order valence-corrected chi connectivity index (χ1v) is 10.9. The molecule has 152 valence electrons. The minimum Gasteiger partial charge on any atom is -0.311 e. The first-order valence-electron chi connectivity index (χ1n) is 9.89. The third-order valence-electron chi connectivity index (χ3n) is 4.93. The predicted molar refractivity (Wildman–Crippen MR) is 116 cm³/mol. The Kier molecular flexibility index (Phi) is 6.10. The number of thioether (sulfide) groups is 1. The number of benzene rings is 1. The van der Waals surface area contributed by atoms with E-state index in [9.17, 15) is 4.79 Å². The van der Waals surface area contributed by atoms with Crippen LogP contribution in [0.3, 0.4) is 0 Å². The van der Waals surface area contributed by atoms with Crippen LogP contribution in [0.1, 0.15) is 30.9 Å². The van der Waals surface area contributed by atoms with Gasteiger partial charge in [-0.3, -0.25) is 14.3 Å². The molecule has 1 amide bonds. The van der Waals surface area contributed by atoms with E-state index >= 15 is 0 Å². The summed E-state index contributed by atoms with van der Waals surface area (Å²) in [6.45, 7) is 2.38. The van der Waals surface area contributed by atoms with Crippen molar-refractivity contribution in [2.45, 2.75) is 37.4 Å². The van der Waals surface area contributed by atoms with Crippen LogP contribution in [0, 0.1) is 18.3 Å². The van der Waals surface area contributed by atoms with Gasteiger partial charge >= 0.3 is 0 Å². The summed E-state index contributed by atoms with van der Waals surface area (Å²) < 4.78 is 2.14. The summed E-state index contributed by atoms with van der Waals surface area (Å²) >= 11 is 1.40. The van der Waals surface area contributed by atoms with Gasteiger partial charge in [0.2, 0.25) is 5.91 Å². The number of hydrogen-bond acceptors (Lipinski definition) is 6. The van der Waals surface area contributed by atoms with Gasteiger partial charge in [-0.05, 0) is 44.0 Å². The molecular weight excluding hydrogens is 396 g/mol. The third kappa shape index (κ3) is 4.52. The van der Waals surface area contributed by atoms with E-state index in [1.165, 1.54) is 11.8 Å². The Morgan fingerprint density at radius 3 is 2.60 bits per heavy atom. The first-order chi connectivity index (χ1) is 14.7. The molecule has 1 aromatic carbocycles. The van der Waals surface area contributed by atoms with Crippen molar-refractivity contribution in [3.63, 3.8) is 0 Å². The van der Waals surface area contributed by atoms with Crippen molar-refractivity contribution in [3.05, 3.63) is 54.4 Å². The maximum absolute atomic E-state index is 13.0. The van der Waals surface area contributed by atoms with E-state index in [1.54, 1.807) is 17.3 Å². The van der Waals surface area contributed by atoms with Crippen molar-refractivity contribution in [2.24, 2.45) is 0 Å². The number of rotatable bonds is 8. The zero-order valence-corrected chi connectivity index (χ0v) is 17.5. The normalized spacial score (nSPS) is 13.1. The summed E-state index contributed by atoms with van der Waals surface area (Å²) in [7, 11) is 0. The van der Waals surface area contributed by atoms with E-state index in [1.807, 2.05) is 43.3 Å². The van der Waals surface area contributed by atoms with Crippen LogP contribution >= 0.6 is 11.8 Å². The summed E-state index contributed by atoms with van der Waals surface area (Å²) in [6.07, 6.45) is 5.96. The van der Waals surface area contributed by atoms with Crippen LogP contribution in [-0.2, 0) is 4.79 Å². The molecule has 0 N–H and O–H groups in total. The molecule has 0 bridgehead atoms. The fourth-order valence-electron chi connectivity index (χ4n) is 3.22. The Hall–Kier alpha value is -3.18. The Balaban J connectivity index is 1.52. The molecule has 3 aromatic rings. The molecule has 0 spiro atoms. The van der Waals surface area contributed by atoms with Crippen LogP contribution in [0.4, 0.5) is 5.69 Å². The monoisotopic (exact) mass is 418 g/mol. The third-order valence-corrected chi connectivity index (χ3v) is 5.86. The summed E-state index contributed by atoms with van der Waals surface area (Å²) in [5.74, 6) is 1.00. The number of nitriles is 1. The average Bonchev–Trinajstić information content (AvgIpc) is 3.53. The van der Waals surface area contributed by atoms with Crippen molar-refractivity contribution in [1.82, 2.24) is 19.7 Å². The van der Waals surface area contributed by atoms with Gasteiger partial charge in [0.15, 0.2) is 11.0 Å². The van der Waals surface area contributed by atoms with Gasteiger partial charge in [-0.25, -0.2) is 0 Å². The minimum atomic E-state index is -0.0464. The Bertz CT molecular complexity index is 1050. The van der Waals surface area contributed by atoms with Gasteiger partial charge in [0.25, 0.3) is 0 Å². The smallest absolute Gasteiger partial charge is 0.237 e. The van der Waals surface area contributed by atoms with Crippen LogP contribution in [-0.4, -0.2) is 38.0 Å². The second-order valence-corrected chi connectivity index (χ2v) is 8.16. The second-order valence-electron chi connectivity index (χ2n) is 7.22. The summed E-state index contributed by atoms with van der Waals surface area (Å²) in [5.41, 5.74) is 2.91. The number of pyridine rings is 1. The highest BCUT2D eigenvalue weighted by Gasteiger charge is 2.30. The number of aromatic nitrogens is 4. The van der Waals surface area contributed by atoms with Crippen molar-refractivity contribution < 1.29 is 4.79 Å². The largest absolute Gasteiger partial charge is 0.311 e. The van der Waals surface area contributed by atoms with E-state index in [-0.39, 0.29) is 18.1 Å². The van der Waals surface area contributed by atoms with Gasteiger partial charge < -0.3 is 4.90 Å². The van der Waals surface area contributed by atoms with Crippen LogP contribution in [0.2, 0.25) is 0 Å². The van der Waals surface area contributed by atoms with E-state index in [4.69, 9.17) is 5.26 Å². The number of nitrogens with zero attached hydrogens (tertiary/aromatic N) is 6. The molecule has 0 radical (unpaired) electrons. The van der Waals surface area contributed by atoms with Crippen LogP contribution in [0.25, 0.3) is 11.4 Å². The lowest BCUT2D eigenvalue weighted by Crippen LogP contribution is -2.33. The Morgan fingerprint density at radius 2 is 1.93 bits per heavy atom. The van der Waals surface area contributed by atoms with Gasteiger partial charge in [0, 0.05) is 36.2 Å². The summed E-state index contributed by atoms with van der Waals surface area (Å²) in [4.78, 5) is 18.8. The fourth-order valence-corrected chi connectivity index (χ4v) is 4.11. The van der Waals surface area contributed by atoms with Gasteiger partial charge in [0.1, 0.15) is 0 Å². The van der Waals surface area contributed by atoms with Crippen LogP contribution in [0.5, 0.6) is 0 Å². The molecule has 7 nitrogen and oxygen atoms in total. The SMILES string of the molecule is Cc1ccc(N(CCC#N)C(=O)CSc2nnc(-c3ccncc3)n2C2CC2)cc1. The molecule has 1 aliphatic rings. The molecule has 8 heteroatoms. The lowest BCUT2D eigenvalue weighted by Gasteiger charge is -2.22. The Morgan fingerprint density at radius 1 is 1.20 bits per heavy atom. The Labute approximate surface area is 179 Å². The van der Waals surface area contributed by atoms with Crippen LogP contribution in [0.15, 0.2) is 53.9 Å². The zero-order valence-electron chi connectivity index (χ0n) is 16.7. The molecule has 30 heavy (non-hydrogen) atoms. The summed E-state index contributed by atoms with van der Waals surface area (Å²) in [5, 5.41) is 18.5. The predicted octanol–water partition coefficient (Wildman–Crippen LogP) is 4.02. The molecule has 1 fully saturated rings. The first kappa shape index (κ1) is 20.1. The number of carbonyl (C=O) groups excluding carboxylic acids is 1. The molecule has 4 rings (SSSR count). The molecule has 1 aliphatic carbocycles. The fraction of sp³-hybridized carbons (Fsp3) is 0.318. The maximum atomic E-state index is 13.0.